The lowest BCUT2D eigenvalue weighted by atomic mass is 9.67. The predicted octanol–water partition coefficient (Wildman–Crippen LogP) is 4.17. The van der Waals surface area contributed by atoms with E-state index in [0.717, 1.165) is 61.7 Å². The van der Waals surface area contributed by atoms with Crippen LogP contribution in [0.2, 0.25) is 0 Å². The van der Waals surface area contributed by atoms with E-state index in [0.29, 0.717) is 6.54 Å². The zero-order valence-corrected chi connectivity index (χ0v) is 20.1. The maximum atomic E-state index is 13.9. The molecule has 5 heteroatoms. The second-order valence-corrected chi connectivity index (χ2v) is 9.34. The second-order valence-electron chi connectivity index (χ2n) is 9.34. The van der Waals surface area contributed by atoms with Crippen LogP contribution in [0.25, 0.3) is 0 Å². The molecule has 5 nitrogen and oxygen atoms in total. The van der Waals surface area contributed by atoms with E-state index in [-0.39, 0.29) is 5.91 Å². The average Bonchev–Trinajstić information content (AvgIpc) is 2.90. The number of rotatable bonds is 6. The van der Waals surface area contributed by atoms with E-state index in [1.165, 1.54) is 5.56 Å². The number of nitrogens with zero attached hydrogens (tertiary/aromatic N) is 3. The third kappa shape index (κ3) is 3.94. The Balaban J connectivity index is 1.38. The molecule has 0 spiro atoms. The van der Waals surface area contributed by atoms with E-state index in [1.54, 1.807) is 7.11 Å². The van der Waals surface area contributed by atoms with Gasteiger partial charge in [0.1, 0.15) is 11.2 Å². The third-order valence-electron chi connectivity index (χ3n) is 7.46. The van der Waals surface area contributed by atoms with Gasteiger partial charge in [-0.05, 0) is 41.8 Å². The molecule has 3 aromatic carbocycles. The summed E-state index contributed by atoms with van der Waals surface area (Å²) in [6.07, 6.45) is 0.770. The number of piperazine rings is 1. The maximum Gasteiger partial charge on any atom is 0.237 e. The first-order chi connectivity index (χ1) is 16.6. The van der Waals surface area contributed by atoms with Crippen LogP contribution in [0.15, 0.2) is 78.9 Å². The van der Waals surface area contributed by atoms with Crippen molar-refractivity contribution in [1.29, 1.82) is 0 Å². The highest BCUT2D eigenvalue weighted by Crippen LogP contribution is 2.43. The number of hydrogen-bond acceptors (Lipinski definition) is 4. The van der Waals surface area contributed by atoms with Gasteiger partial charge in [0.25, 0.3) is 0 Å². The van der Waals surface area contributed by atoms with Gasteiger partial charge in [0.05, 0.1) is 12.8 Å². The van der Waals surface area contributed by atoms with Gasteiger partial charge in [-0.3, -0.25) is 9.69 Å². The van der Waals surface area contributed by atoms with Crippen LogP contribution in [0.1, 0.15) is 23.1 Å². The van der Waals surface area contributed by atoms with E-state index in [4.69, 9.17) is 4.74 Å². The maximum absolute atomic E-state index is 13.9. The first-order valence-electron chi connectivity index (χ1n) is 12.1. The van der Waals surface area contributed by atoms with Crippen LogP contribution in [0.4, 0.5) is 5.69 Å². The Bertz CT molecular complexity index is 1140. The van der Waals surface area contributed by atoms with Crippen molar-refractivity contribution >= 4 is 11.6 Å². The molecule has 176 valence electrons. The highest BCUT2D eigenvalue weighted by atomic mass is 16.5. The van der Waals surface area contributed by atoms with Gasteiger partial charge in [-0.25, -0.2) is 0 Å². The van der Waals surface area contributed by atoms with E-state index < -0.39 is 5.41 Å². The van der Waals surface area contributed by atoms with E-state index in [2.05, 4.69) is 58.3 Å². The van der Waals surface area contributed by atoms with Crippen molar-refractivity contribution in [3.05, 3.63) is 95.6 Å². The molecule has 0 aliphatic carbocycles. The van der Waals surface area contributed by atoms with Crippen molar-refractivity contribution in [2.24, 2.45) is 0 Å². The minimum Gasteiger partial charge on any atom is -0.495 e. The van der Waals surface area contributed by atoms with Crippen molar-refractivity contribution in [2.75, 3.05) is 51.8 Å². The van der Waals surface area contributed by atoms with Crippen LogP contribution in [0, 0.1) is 0 Å². The molecule has 1 amide bonds. The highest BCUT2D eigenvalue weighted by Gasteiger charge is 2.47. The molecule has 1 unspecified atom stereocenters. The Morgan fingerprint density at radius 1 is 0.853 bits per heavy atom. The molecule has 0 radical (unpaired) electrons. The largest absolute Gasteiger partial charge is 0.495 e. The Kier molecular flexibility index (Phi) is 6.29. The van der Waals surface area contributed by atoms with Gasteiger partial charge >= 0.3 is 0 Å². The van der Waals surface area contributed by atoms with Crippen LogP contribution >= 0.6 is 0 Å². The van der Waals surface area contributed by atoms with E-state index in [1.807, 2.05) is 42.3 Å². The number of ether oxygens (including phenoxy) is 1. The molecule has 5 rings (SSSR count). The molecule has 1 saturated heterocycles. The van der Waals surface area contributed by atoms with Crippen molar-refractivity contribution in [3.8, 4) is 5.75 Å². The fourth-order valence-corrected chi connectivity index (χ4v) is 5.66. The minimum atomic E-state index is -0.648. The molecule has 34 heavy (non-hydrogen) atoms. The Labute approximate surface area is 202 Å². The number of benzene rings is 3. The normalized spacial score (nSPS) is 20.8. The summed E-state index contributed by atoms with van der Waals surface area (Å²) in [6, 6.07) is 27.1. The summed E-state index contributed by atoms with van der Waals surface area (Å²) in [5.74, 6) is 1.12. The van der Waals surface area contributed by atoms with Crippen LogP contribution in [-0.2, 0) is 16.8 Å². The summed E-state index contributed by atoms with van der Waals surface area (Å²) >= 11 is 0. The molecular formula is C29H33N3O2. The lowest BCUT2D eigenvalue weighted by Gasteiger charge is -2.44. The molecular weight excluding hydrogens is 422 g/mol. The summed E-state index contributed by atoms with van der Waals surface area (Å²) in [5, 5.41) is 0. The third-order valence-corrected chi connectivity index (χ3v) is 7.46. The summed E-state index contributed by atoms with van der Waals surface area (Å²) in [7, 11) is 3.66. The predicted molar refractivity (Wildman–Crippen MR) is 136 cm³/mol. The molecule has 2 aliphatic rings. The first kappa shape index (κ1) is 22.5. The number of hydrogen-bond donors (Lipinski definition) is 0. The number of para-hydroxylation sites is 2. The van der Waals surface area contributed by atoms with Gasteiger partial charge in [0.15, 0.2) is 0 Å². The molecule has 0 saturated carbocycles. The molecule has 2 aliphatic heterocycles. The summed E-state index contributed by atoms with van der Waals surface area (Å²) in [6.45, 7) is 5.37. The summed E-state index contributed by atoms with van der Waals surface area (Å²) < 4.78 is 5.57. The van der Waals surface area contributed by atoms with Crippen LogP contribution in [0.5, 0.6) is 5.75 Å². The molecule has 0 N–H and O–H groups in total. The van der Waals surface area contributed by atoms with Gasteiger partial charge in [-0.15, -0.1) is 0 Å². The Hall–Kier alpha value is -3.31. The highest BCUT2D eigenvalue weighted by molar-refractivity contribution is 5.94. The number of carbonyl (C=O) groups excluding carboxylic acids is 1. The van der Waals surface area contributed by atoms with Gasteiger partial charge in [-0.1, -0.05) is 66.7 Å². The SMILES string of the molecule is COc1ccccc1N1CCN(CCC2(c3ccccc3)C(=O)N(C)Cc3ccccc32)CC1. The van der Waals surface area contributed by atoms with Crippen molar-refractivity contribution in [1.82, 2.24) is 9.80 Å². The van der Waals surface area contributed by atoms with E-state index in [9.17, 15) is 4.79 Å². The number of likely N-dealkylation sites (N-methyl/N-ethyl adjacent to an activating group) is 1. The Morgan fingerprint density at radius 3 is 2.29 bits per heavy atom. The molecule has 3 aromatic rings. The zero-order valence-electron chi connectivity index (χ0n) is 20.1. The van der Waals surface area contributed by atoms with Crippen LogP contribution < -0.4 is 9.64 Å². The second kappa shape index (κ2) is 9.51. The van der Waals surface area contributed by atoms with Crippen molar-refractivity contribution < 1.29 is 9.53 Å². The average molecular weight is 456 g/mol. The van der Waals surface area contributed by atoms with Gasteiger partial charge in [0, 0.05) is 39.8 Å². The van der Waals surface area contributed by atoms with Gasteiger partial charge in [-0.2, -0.15) is 0 Å². The number of methoxy groups -OCH3 is 1. The number of fused-ring (bicyclic) bond motifs is 1. The standard InChI is InChI=1S/C29H33N3O2/c1-30-22-23-10-6-7-13-25(23)29(28(30)33,24-11-4-3-5-12-24)16-17-31-18-20-32(21-19-31)26-14-8-9-15-27(26)34-2/h3-15H,16-22H2,1-2H3. The van der Waals surface area contributed by atoms with E-state index >= 15 is 0 Å². The van der Waals surface area contributed by atoms with Gasteiger partial charge in [0.2, 0.25) is 5.91 Å². The van der Waals surface area contributed by atoms with Crippen LogP contribution in [-0.4, -0.2) is 62.6 Å². The summed E-state index contributed by atoms with van der Waals surface area (Å²) in [4.78, 5) is 20.7. The Morgan fingerprint density at radius 2 is 1.53 bits per heavy atom. The molecule has 0 bridgehead atoms. The number of amides is 1. The fraction of sp³-hybridized carbons (Fsp3) is 0.345. The molecule has 1 atom stereocenters. The minimum absolute atomic E-state index is 0.199. The molecule has 0 aromatic heterocycles. The molecule has 1 fully saturated rings. The number of anilines is 1. The molecule has 2 heterocycles. The lowest BCUT2D eigenvalue weighted by Crippen LogP contribution is -2.53. The smallest absolute Gasteiger partial charge is 0.237 e. The quantitative estimate of drug-likeness (QED) is 0.559. The zero-order chi connectivity index (χ0) is 23.5. The van der Waals surface area contributed by atoms with Crippen molar-refractivity contribution in [3.63, 3.8) is 0 Å². The first-order valence-corrected chi connectivity index (χ1v) is 12.1. The van der Waals surface area contributed by atoms with Crippen molar-refractivity contribution in [2.45, 2.75) is 18.4 Å². The summed E-state index contributed by atoms with van der Waals surface area (Å²) in [5.41, 5.74) is 4.01. The van der Waals surface area contributed by atoms with Gasteiger partial charge < -0.3 is 14.5 Å². The lowest BCUT2D eigenvalue weighted by molar-refractivity contribution is -0.136. The fourth-order valence-electron chi connectivity index (χ4n) is 5.66. The monoisotopic (exact) mass is 455 g/mol. The topological polar surface area (TPSA) is 36.0 Å². The van der Waals surface area contributed by atoms with Crippen LogP contribution in [0.3, 0.4) is 0 Å². The number of carbonyl (C=O) groups is 1.